The van der Waals surface area contributed by atoms with E-state index in [-0.39, 0.29) is 5.97 Å². The first-order valence-corrected chi connectivity index (χ1v) is 8.06. The molecule has 2 N–H and O–H groups in total. The average Bonchev–Trinajstić information content (AvgIpc) is 2.92. The molecule has 0 aliphatic carbocycles. The molecule has 0 saturated carbocycles. The van der Waals surface area contributed by atoms with Crippen LogP contribution in [0.15, 0.2) is 24.3 Å². The number of esters is 1. The minimum absolute atomic E-state index is 0.337. The van der Waals surface area contributed by atoms with Crippen LogP contribution in [-0.2, 0) is 17.7 Å². The van der Waals surface area contributed by atoms with Crippen molar-refractivity contribution >= 4 is 28.9 Å². The molecule has 2 aromatic rings. The van der Waals surface area contributed by atoms with Crippen molar-refractivity contribution in [3.05, 3.63) is 39.7 Å². The van der Waals surface area contributed by atoms with Crippen molar-refractivity contribution in [3.8, 4) is 11.3 Å². The molecule has 0 atom stereocenters. The van der Waals surface area contributed by atoms with Crippen LogP contribution >= 0.6 is 22.9 Å². The Bertz CT molecular complexity index is 611. The second-order valence-electron chi connectivity index (χ2n) is 4.35. The molecule has 1 heterocycles. The fraction of sp³-hybridized carbons (Fsp3) is 0.333. The Hall–Kier alpha value is -1.43. The molecule has 0 fully saturated rings. The van der Waals surface area contributed by atoms with Crippen molar-refractivity contribution in [1.82, 2.24) is 4.98 Å². The van der Waals surface area contributed by atoms with Crippen molar-refractivity contribution in [3.63, 3.8) is 0 Å². The number of alkyl halides is 1. The van der Waals surface area contributed by atoms with Gasteiger partial charge in [-0.1, -0.05) is 24.3 Å². The minimum atomic E-state index is -0.386. The SMILES string of the molecule is CCOC(=O)c1nc(-c2ccc(CN)cc2)c(CCCl)s1. The van der Waals surface area contributed by atoms with Crippen molar-refractivity contribution < 1.29 is 9.53 Å². The summed E-state index contributed by atoms with van der Waals surface area (Å²) in [5.74, 6) is 0.0985. The van der Waals surface area contributed by atoms with Gasteiger partial charge in [0.25, 0.3) is 0 Å². The smallest absolute Gasteiger partial charge is 0.367 e. The zero-order valence-corrected chi connectivity index (χ0v) is 13.3. The number of benzene rings is 1. The van der Waals surface area contributed by atoms with Crippen LogP contribution in [0.25, 0.3) is 11.3 Å². The second-order valence-corrected chi connectivity index (χ2v) is 5.81. The lowest BCUT2D eigenvalue weighted by Crippen LogP contribution is -2.03. The normalized spacial score (nSPS) is 10.6. The Labute approximate surface area is 132 Å². The van der Waals surface area contributed by atoms with Crippen LogP contribution < -0.4 is 5.73 Å². The molecular weight excluding hydrogens is 308 g/mol. The molecule has 4 nitrogen and oxygen atoms in total. The highest BCUT2D eigenvalue weighted by atomic mass is 35.5. The summed E-state index contributed by atoms with van der Waals surface area (Å²) in [7, 11) is 0. The summed E-state index contributed by atoms with van der Waals surface area (Å²) in [4.78, 5) is 17.2. The number of thiazole rings is 1. The largest absolute Gasteiger partial charge is 0.461 e. The zero-order chi connectivity index (χ0) is 15.2. The predicted molar refractivity (Wildman–Crippen MR) is 85.8 cm³/mol. The Morgan fingerprint density at radius 2 is 2.10 bits per heavy atom. The number of carbonyl (C=O) groups is 1. The van der Waals surface area contributed by atoms with Gasteiger partial charge in [-0.3, -0.25) is 0 Å². The van der Waals surface area contributed by atoms with Crippen molar-refractivity contribution in [1.29, 1.82) is 0 Å². The third kappa shape index (κ3) is 3.81. The molecule has 21 heavy (non-hydrogen) atoms. The molecule has 0 saturated heterocycles. The number of carbonyl (C=O) groups excluding carboxylic acids is 1. The first kappa shape index (κ1) is 15.9. The van der Waals surface area contributed by atoms with E-state index in [1.165, 1.54) is 11.3 Å². The van der Waals surface area contributed by atoms with E-state index >= 15 is 0 Å². The number of nitrogens with two attached hydrogens (primary N) is 1. The fourth-order valence-corrected chi connectivity index (χ4v) is 3.19. The summed E-state index contributed by atoms with van der Waals surface area (Å²) in [6.45, 7) is 2.61. The van der Waals surface area contributed by atoms with Crippen molar-refractivity contribution in [2.24, 2.45) is 5.73 Å². The van der Waals surface area contributed by atoms with Crippen LogP contribution in [0.3, 0.4) is 0 Å². The molecule has 0 unspecified atom stereocenters. The lowest BCUT2D eigenvalue weighted by Gasteiger charge is -2.02. The molecule has 0 aliphatic heterocycles. The van der Waals surface area contributed by atoms with Crippen LogP contribution in [0.4, 0.5) is 0 Å². The van der Waals surface area contributed by atoms with Crippen LogP contribution in [-0.4, -0.2) is 23.4 Å². The van der Waals surface area contributed by atoms with Gasteiger partial charge in [0.15, 0.2) is 0 Å². The molecule has 0 bridgehead atoms. The van der Waals surface area contributed by atoms with E-state index in [9.17, 15) is 4.79 Å². The lowest BCUT2D eigenvalue weighted by atomic mass is 10.1. The zero-order valence-electron chi connectivity index (χ0n) is 11.8. The van der Waals surface area contributed by atoms with Gasteiger partial charge in [-0.15, -0.1) is 22.9 Å². The van der Waals surface area contributed by atoms with Gasteiger partial charge in [0.05, 0.1) is 12.3 Å². The highest BCUT2D eigenvalue weighted by Gasteiger charge is 2.18. The van der Waals surface area contributed by atoms with E-state index in [2.05, 4.69) is 4.98 Å². The minimum Gasteiger partial charge on any atom is -0.461 e. The highest BCUT2D eigenvalue weighted by molar-refractivity contribution is 7.14. The monoisotopic (exact) mass is 324 g/mol. The molecule has 1 aromatic carbocycles. The molecule has 112 valence electrons. The average molecular weight is 325 g/mol. The topological polar surface area (TPSA) is 65.2 Å². The van der Waals surface area contributed by atoms with Gasteiger partial charge in [0.2, 0.25) is 5.01 Å². The molecule has 6 heteroatoms. The summed E-state index contributed by atoms with van der Waals surface area (Å²) < 4.78 is 5.01. The van der Waals surface area contributed by atoms with Crippen LogP contribution in [0.2, 0.25) is 0 Å². The van der Waals surface area contributed by atoms with Crippen LogP contribution in [0.1, 0.15) is 27.2 Å². The molecule has 0 radical (unpaired) electrons. The number of halogens is 1. The molecule has 0 amide bonds. The maximum Gasteiger partial charge on any atom is 0.367 e. The molecule has 2 rings (SSSR count). The van der Waals surface area contributed by atoms with Crippen molar-refractivity contribution in [2.75, 3.05) is 12.5 Å². The summed E-state index contributed by atoms with van der Waals surface area (Å²) in [6, 6.07) is 7.85. The number of hydrogen-bond donors (Lipinski definition) is 1. The molecular formula is C15H17ClN2O2S. The fourth-order valence-electron chi connectivity index (χ4n) is 1.91. The van der Waals surface area contributed by atoms with Gasteiger partial charge in [-0.25, -0.2) is 9.78 Å². The molecule has 1 aromatic heterocycles. The van der Waals surface area contributed by atoms with Gasteiger partial charge >= 0.3 is 5.97 Å². The predicted octanol–water partition coefficient (Wildman–Crippen LogP) is 3.23. The van der Waals surface area contributed by atoms with Gasteiger partial charge < -0.3 is 10.5 Å². The lowest BCUT2D eigenvalue weighted by molar-refractivity contribution is 0.0526. The van der Waals surface area contributed by atoms with Gasteiger partial charge in [0.1, 0.15) is 0 Å². The number of hydrogen-bond acceptors (Lipinski definition) is 5. The summed E-state index contributed by atoms with van der Waals surface area (Å²) in [5, 5.41) is 0.370. The third-order valence-electron chi connectivity index (χ3n) is 2.93. The Kier molecular flexibility index (Phi) is 5.73. The summed E-state index contributed by atoms with van der Waals surface area (Å²) in [6.07, 6.45) is 0.673. The number of aryl methyl sites for hydroxylation is 1. The summed E-state index contributed by atoms with van der Waals surface area (Å²) >= 11 is 7.18. The van der Waals surface area contributed by atoms with E-state index in [0.29, 0.717) is 30.5 Å². The number of nitrogens with zero attached hydrogens (tertiary/aromatic N) is 1. The van der Waals surface area contributed by atoms with Crippen LogP contribution in [0.5, 0.6) is 0 Å². The van der Waals surface area contributed by atoms with Gasteiger partial charge in [0, 0.05) is 22.9 Å². The van der Waals surface area contributed by atoms with E-state index in [0.717, 1.165) is 21.7 Å². The first-order chi connectivity index (χ1) is 10.2. The number of ether oxygens (including phenoxy) is 1. The Balaban J connectivity index is 2.37. The second kappa shape index (κ2) is 7.54. The van der Waals surface area contributed by atoms with Crippen LogP contribution in [0, 0.1) is 0 Å². The number of rotatable bonds is 6. The highest BCUT2D eigenvalue weighted by Crippen LogP contribution is 2.29. The van der Waals surface area contributed by atoms with E-state index in [1.807, 2.05) is 24.3 Å². The number of aromatic nitrogens is 1. The van der Waals surface area contributed by atoms with Gasteiger partial charge in [-0.2, -0.15) is 0 Å². The van der Waals surface area contributed by atoms with Gasteiger partial charge in [-0.05, 0) is 18.9 Å². The van der Waals surface area contributed by atoms with E-state index < -0.39 is 0 Å². The van der Waals surface area contributed by atoms with E-state index in [1.54, 1.807) is 6.92 Å². The quantitative estimate of drug-likeness (QED) is 0.654. The standard InChI is InChI=1S/C15H17ClN2O2S/c1-2-20-15(19)14-18-13(12(21-14)7-8-16)11-5-3-10(9-17)4-6-11/h3-6H,2,7-9,17H2,1H3. The maximum absolute atomic E-state index is 11.8. The van der Waals surface area contributed by atoms with E-state index in [4.69, 9.17) is 22.1 Å². The summed E-state index contributed by atoms with van der Waals surface area (Å²) in [5.41, 5.74) is 8.41. The third-order valence-corrected chi connectivity index (χ3v) is 4.22. The Morgan fingerprint density at radius 3 is 2.67 bits per heavy atom. The molecule has 0 spiro atoms. The maximum atomic E-state index is 11.8. The van der Waals surface area contributed by atoms with Crippen molar-refractivity contribution in [2.45, 2.75) is 19.9 Å². The Morgan fingerprint density at radius 1 is 1.38 bits per heavy atom. The first-order valence-electron chi connectivity index (χ1n) is 6.71. The molecule has 0 aliphatic rings.